The van der Waals surface area contributed by atoms with Gasteiger partial charge in [0, 0.05) is 17.3 Å². The van der Waals surface area contributed by atoms with E-state index in [4.69, 9.17) is 10.5 Å². The lowest BCUT2D eigenvalue weighted by Gasteiger charge is -2.07. The summed E-state index contributed by atoms with van der Waals surface area (Å²) in [6.45, 7) is 2.04. The molecule has 0 atom stereocenters. The van der Waals surface area contributed by atoms with Gasteiger partial charge in [0.15, 0.2) is 5.82 Å². The summed E-state index contributed by atoms with van der Waals surface area (Å²) in [4.78, 5) is 8.72. The molecule has 1 heterocycles. The zero-order valence-electron chi connectivity index (χ0n) is 10.3. The predicted octanol–water partition coefficient (Wildman–Crippen LogP) is 3.06. The number of hydrogen-bond acceptors (Lipinski definition) is 4. The first kappa shape index (κ1) is 12.8. The Morgan fingerprint density at radius 2 is 2.06 bits per heavy atom. The molecule has 94 valence electrons. The fourth-order valence-electron chi connectivity index (χ4n) is 1.63. The molecule has 0 saturated heterocycles. The molecule has 0 saturated carbocycles. The molecule has 0 aliphatic rings. The van der Waals surface area contributed by atoms with E-state index in [2.05, 4.69) is 25.9 Å². The fraction of sp³-hybridized carbons (Fsp3) is 0.231. The molecule has 0 fully saturated rings. The molecule has 2 rings (SSSR count). The van der Waals surface area contributed by atoms with E-state index in [-0.39, 0.29) is 0 Å². The monoisotopic (exact) mass is 307 g/mol. The number of aromatic nitrogens is 2. The Hall–Kier alpha value is -1.62. The molecule has 18 heavy (non-hydrogen) atoms. The van der Waals surface area contributed by atoms with E-state index in [1.807, 2.05) is 25.1 Å². The minimum atomic E-state index is 0.490. The van der Waals surface area contributed by atoms with Crippen molar-refractivity contribution in [2.75, 3.05) is 12.8 Å². The van der Waals surface area contributed by atoms with Crippen LogP contribution in [0.15, 0.2) is 28.7 Å². The Kier molecular flexibility index (Phi) is 3.81. The number of nitrogens with two attached hydrogens (primary N) is 1. The third-order valence-corrected chi connectivity index (χ3v) is 3.19. The second-order valence-electron chi connectivity index (χ2n) is 3.81. The first-order valence-electron chi connectivity index (χ1n) is 5.61. The highest BCUT2D eigenvalue weighted by Crippen LogP contribution is 2.29. The van der Waals surface area contributed by atoms with Crippen molar-refractivity contribution in [2.45, 2.75) is 13.3 Å². The highest BCUT2D eigenvalue weighted by atomic mass is 79.9. The number of methoxy groups -OCH3 is 1. The SMILES string of the molecule is CCc1cc(N)nc(-c2ccc(OC)c(Br)c2)n1. The van der Waals surface area contributed by atoms with E-state index in [1.54, 1.807) is 13.2 Å². The number of hydrogen-bond donors (Lipinski definition) is 1. The maximum absolute atomic E-state index is 5.78. The summed E-state index contributed by atoms with van der Waals surface area (Å²) in [6, 6.07) is 7.50. The smallest absolute Gasteiger partial charge is 0.161 e. The van der Waals surface area contributed by atoms with Crippen molar-refractivity contribution in [3.63, 3.8) is 0 Å². The van der Waals surface area contributed by atoms with Gasteiger partial charge in [-0.25, -0.2) is 9.97 Å². The van der Waals surface area contributed by atoms with Gasteiger partial charge in [0.05, 0.1) is 11.6 Å². The van der Waals surface area contributed by atoms with Crippen LogP contribution in [0.1, 0.15) is 12.6 Å². The Morgan fingerprint density at radius 1 is 1.28 bits per heavy atom. The molecule has 2 N–H and O–H groups in total. The average molecular weight is 308 g/mol. The van der Waals surface area contributed by atoms with E-state index in [9.17, 15) is 0 Å². The maximum atomic E-state index is 5.78. The van der Waals surface area contributed by atoms with Crippen LogP contribution in [0.25, 0.3) is 11.4 Å². The predicted molar refractivity (Wildman–Crippen MR) is 75.5 cm³/mol. The lowest BCUT2D eigenvalue weighted by molar-refractivity contribution is 0.412. The van der Waals surface area contributed by atoms with Crippen molar-refractivity contribution in [1.82, 2.24) is 9.97 Å². The van der Waals surface area contributed by atoms with Crippen LogP contribution in [-0.2, 0) is 6.42 Å². The number of anilines is 1. The van der Waals surface area contributed by atoms with Gasteiger partial charge in [-0.2, -0.15) is 0 Å². The third kappa shape index (κ3) is 2.61. The molecule has 4 nitrogen and oxygen atoms in total. The lowest BCUT2D eigenvalue weighted by atomic mass is 10.2. The Labute approximate surface area is 114 Å². The molecule has 0 spiro atoms. The number of rotatable bonds is 3. The number of nitrogen functional groups attached to an aromatic ring is 1. The fourth-order valence-corrected chi connectivity index (χ4v) is 2.17. The molecule has 1 aromatic carbocycles. The molecule has 0 bridgehead atoms. The minimum Gasteiger partial charge on any atom is -0.496 e. The van der Waals surface area contributed by atoms with Crippen LogP contribution >= 0.6 is 15.9 Å². The number of benzene rings is 1. The van der Waals surface area contributed by atoms with Gasteiger partial charge in [-0.1, -0.05) is 6.92 Å². The van der Waals surface area contributed by atoms with Gasteiger partial charge in [-0.15, -0.1) is 0 Å². The Bertz CT molecular complexity index is 572. The Balaban J connectivity index is 2.48. The van der Waals surface area contributed by atoms with Crippen molar-refractivity contribution in [1.29, 1.82) is 0 Å². The molecule has 0 aliphatic carbocycles. The number of aryl methyl sites for hydroxylation is 1. The third-order valence-electron chi connectivity index (χ3n) is 2.57. The summed E-state index contributed by atoms with van der Waals surface area (Å²) in [5.41, 5.74) is 7.62. The van der Waals surface area contributed by atoms with Crippen LogP contribution in [0.3, 0.4) is 0 Å². The van der Waals surface area contributed by atoms with Gasteiger partial charge < -0.3 is 10.5 Å². The molecule has 0 aliphatic heterocycles. The van der Waals surface area contributed by atoms with E-state index in [0.717, 1.165) is 27.9 Å². The van der Waals surface area contributed by atoms with Crippen molar-refractivity contribution >= 4 is 21.7 Å². The van der Waals surface area contributed by atoms with E-state index in [1.165, 1.54) is 0 Å². The summed E-state index contributed by atoms with van der Waals surface area (Å²) in [6.07, 6.45) is 0.830. The van der Waals surface area contributed by atoms with Crippen LogP contribution < -0.4 is 10.5 Å². The summed E-state index contributed by atoms with van der Waals surface area (Å²) in [7, 11) is 1.63. The zero-order valence-corrected chi connectivity index (χ0v) is 11.9. The quantitative estimate of drug-likeness (QED) is 0.946. The molecule has 1 aromatic heterocycles. The van der Waals surface area contributed by atoms with Crippen LogP contribution in [0, 0.1) is 0 Å². The van der Waals surface area contributed by atoms with E-state index < -0.39 is 0 Å². The summed E-state index contributed by atoms with van der Waals surface area (Å²) in [5, 5.41) is 0. The number of halogens is 1. The van der Waals surface area contributed by atoms with Crippen LogP contribution in [0.5, 0.6) is 5.75 Å². The normalized spacial score (nSPS) is 10.4. The lowest BCUT2D eigenvalue weighted by Crippen LogP contribution is -1.99. The molecule has 0 unspecified atom stereocenters. The van der Waals surface area contributed by atoms with Crippen molar-refractivity contribution in [3.8, 4) is 17.1 Å². The van der Waals surface area contributed by atoms with Gasteiger partial charge in [0.1, 0.15) is 11.6 Å². The molecular weight excluding hydrogens is 294 g/mol. The molecule has 0 radical (unpaired) electrons. The van der Waals surface area contributed by atoms with Crippen molar-refractivity contribution < 1.29 is 4.74 Å². The second-order valence-corrected chi connectivity index (χ2v) is 4.66. The largest absolute Gasteiger partial charge is 0.496 e. The maximum Gasteiger partial charge on any atom is 0.161 e. The highest BCUT2D eigenvalue weighted by Gasteiger charge is 2.07. The number of nitrogens with zero attached hydrogens (tertiary/aromatic N) is 2. The first-order chi connectivity index (χ1) is 8.63. The summed E-state index contributed by atoms with van der Waals surface area (Å²) < 4.78 is 6.06. The minimum absolute atomic E-state index is 0.490. The van der Waals surface area contributed by atoms with Crippen LogP contribution in [0.2, 0.25) is 0 Å². The van der Waals surface area contributed by atoms with Gasteiger partial charge in [0.2, 0.25) is 0 Å². The topological polar surface area (TPSA) is 61.0 Å². The Morgan fingerprint density at radius 3 is 2.67 bits per heavy atom. The molecule has 5 heteroatoms. The second kappa shape index (κ2) is 5.35. The van der Waals surface area contributed by atoms with Crippen molar-refractivity contribution in [2.24, 2.45) is 0 Å². The van der Waals surface area contributed by atoms with Gasteiger partial charge in [-0.05, 0) is 40.5 Å². The summed E-state index contributed by atoms with van der Waals surface area (Å²) in [5.74, 6) is 1.90. The molecule has 0 amide bonds. The van der Waals surface area contributed by atoms with E-state index >= 15 is 0 Å². The van der Waals surface area contributed by atoms with Crippen LogP contribution in [-0.4, -0.2) is 17.1 Å². The molecule has 2 aromatic rings. The zero-order chi connectivity index (χ0) is 13.1. The summed E-state index contributed by atoms with van der Waals surface area (Å²) >= 11 is 3.45. The highest BCUT2D eigenvalue weighted by molar-refractivity contribution is 9.10. The number of ether oxygens (including phenoxy) is 1. The first-order valence-corrected chi connectivity index (χ1v) is 6.40. The van der Waals surface area contributed by atoms with Crippen LogP contribution in [0.4, 0.5) is 5.82 Å². The van der Waals surface area contributed by atoms with Gasteiger partial charge in [-0.3, -0.25) is 0 Å². The molecular formula is C13H14BrN3O. The van der Waals surface area contributed by atoms with E-state index in [0.29, 0.717) is 11.6 Å². The average Bonchev–Trinajstić information content (AvgIpc) is 2.37. The van der Waals surface area contributed by atoms with Gasteiger partial charge in [0.25, 0.3) is 0 Å². The van der Waals surface area contributed by atoms with Crippen molar-refractivity contribution in [3.05, 3.63) is 34.4 Å². The standard InChI is InChI=1S/C13H14BrN3O/c1-3-9-7-12(15)17-13(16-9)8-4-5-11(18-2)10(14)6-8/h4-7H,3H2,1-2H3,(H2,15,16,17). The van der Waals surface area contributed by atoms with Gasteiger partial charge >= 0.3 is 0 Å².